The summed E-state index contributed by atoms with van der Waals surface area (Å²) in [6, 6.07) is 12.8. The molecule has 2 heterocycles. The molecule has 1 aliphatic carbocycles. The van der Waals surface area contributed by atoms with Crippen molar-refractivity contribution in [3.63, 3.8) is 0 Å². The fraction of sp³-hybridized carbons (Fsp3) is 0.406. The van der Waals surface area contributed by atoms with Crippen LogP contribution in [0.15, 0.2) is 42.5 Å². The second kappa shape index (κ2) is 9.87. The van der Waals surface area contributed by atoms with Crippen molar-refractivity contribution in [2.75, 3.05) is 26.4 Å². The molecule has 3 aromatic rings. The molecule has 0 amide bonds. The Kier molecular flexibility index (Phi) is 6.50. The van der Waals surface area contributed by atoms with Crippen molar-refractivity contribution in [2.45, 2.75) is 52.1 Å². The third kappa shape index (κ3) is 4.96. The maximum atomic E-state index is 15.0. The van der Waals surface area contributed by atoms with Crippen LogP contribution in [0.4, 0.5) is 4.39 Å². The highest BCUT2D eigenvalue weighted by molar-refractivity contribution is 5.76. The van der Waals surface area contributed by atoms with E-state index in [4.69, 9.17) is 24.1 Å². The summed E-state index contributed by atoms with van der Waals surface area (Å²) in [6.07, 6.45) is 1.28. The van der Waals surface area contributed by atoms with E-state index in [1.165, 1.54) is 0 Å². The predicted octanol–water partition coefficient (Wildman–Crippen LogP) is 6.54. The molecule has 0 spiro atoms. The quantitative estimate of drug-likeness (QED) is 0.355. The molecule has 1 fully saturated rings. The molecular weight excluding hydrogens is 499 g/mol. The molecule has 6 rings (SSSR count). The highest BCUT2D eigenvalue weighted by atomic mass is 19.1. The van der Waals surface area contributed by atoms with Crippen LogP contribution in [0.3, 0.4) is 0 Å². The summed E-state index contributed by atoms with van der Waals surface area (Å²) in [5, 5.41) is 9.16. The molecule has 0 bridgehead atoms. The fourth-order valence-corrected chi connectivity index (χ4v) is 6.10. The molecule has 1 N–H and O–H groups in total. The smallest absolute Gasteiger partial charge is 0.304 e. The van der Waals surface area contributed by atoms with Crippen LogP contribution in [0.5, 0.6) is 17.2 Å². The zero-order valence-corrected chi connectivity index (χ0v) is 22.5. The number of benzene rings is 3. The maximum Gasteiger partial charge on any atom is 0.304 e. The summed E-state index contributed by atoms with van der Waals surface area (Å²) in [6.45, 7) is 8.63. The Morgan fingerprint density at radius 1 is 1.08 bits per heavy atom. The minimum Gasteiger partial charge on any atom is -0.493 e. The predicted molar refractivity (Wildman–Crippen MR) is 144 cm³/mol. The van der Waals surface area contributed by atoms with Crippen LogP contribution >= 0.6 is 0 Å². The van der Waals surface area contributed by atoms with Crippen molar-refractivity contribution in [1.82, 2.24) is 0 Å². The van der Waals surface area contributed by atoms with Crippen molar-refractivity contribution in [1.29, 1.82) is 0 Å². The van der Waals surface area contributed by atoms with Crippen molar-refractivity contribution in [3.8, 4) is 28.4 Å². The van der Waals surface area contributed by atoms with E-state index in [0.29, 0.717) is 37.9 Å². The Bertz CT molecular complexity index is 1420. The lowest BCUT2D eigenvalue weighted by atomic mass is 9.89. The van der Waals surface area contributed by atoms with Crippen LogP contribution in [-0.4, -0.2) is 37.5 Å². The third-order valence-corrected chi connectivity index (χ3v) is 8.08. The Hall–Kier alpha value is -3.58. The lowest BCUT2D eigenvalue weighted by molar-refractivity contribution is -0.137. The summed E-state index contributed by atoms with van der Waals surface area (Å²) < 4.78 is 38.6. The number of fused-ring (bicyclic) bond motifs is 2. The van der Waals surface area contributed by atoms with Crippen LogP contribution in [0.25, 0.3) is 11.1 Å². The molecular formula is C32H33FO6. The molecule has 7 heteroatoms. The lowest BCUT2D eigenvalue weighted by Crippen LogP contribution is -2.44. The highest BCUT2D eigenvalue weighted by Gasteiger charge is 2.34. The molecule has 0 saturated carbocycles. The van der Waals surface area contributed by atoms with Gasteiger partial charge in [0.05, 0.1) is 32.8 Å². The molecule has 0 aromatic heterocycles. The molecule has 1 saturated heterocycles. The fourth-order valence-electron chi connectivity index (χ4n) is 6.10. The van der Waals surface area contributed by atoms with E-state index in [1.54, 1.807) is 12.1 Å². The third-order valence-electron chi connectivity index (χ3n) is 8.08. The van der Waals surface area contributed by atoms with Crippen LogP contribution in [0.2, 0.25) is 0 Å². The Morgan fingerprint density at radius 2 is 1.85 bits per heavy atom. The summed E-state index contributed by atoms with van der Waals surface area (Å²) in [4.78, 5) is 11.2. The SMILES string of the molecule is Cc1cc(OCC2(C)COC2)cc(C)c1-c1cc(F)cc2c1CC[C@H]2Oc1ccc2c(c1)OC[C@H]2CC(=O)O. The summed E-state index contributed by atoms with van der Waals surface area (Å²) in [7, 11) is 0. The second-order valence-electron chi connectivity index (χ2n) is 11.5. The van der Waals surface area contributed by atoms with Gasteiger partial charge in [0.15, 0.2) is 0 Å². The number of aryl methyl sites for hydroxylation is 2. The number of carbonyl (C=O) groups is 1. The summed E-state index contributed by atoms with van der Waals surface area (Å²) in [5.41, 5.74) is 6.96. The number of carboxylic acid groups (broad SMARTS) is 1. The molecule has 3 aliphatic rings. The average Bonchev–Trinajstić information content (AvgIpc) is 3.44. The Balaban J connectivity index is 1.25. The Labute approximate surface area is 227 Å². The van der Waals surface area contributed by atoms with Gasteiger partial charge in [0, 0.05) is 23.0 Å². The minimum absolute atomic E-state index is 0.0333. The largest absolute Gasteiger partial charge is 0.493 e. The van der Waals surface area contributed by atoms with E-state index >= 15 is 4.39 Å². The summed E-state index contributed by atoms with van der Waals surface area (Å²) in [5.74, 6) is 0.819. The molecule has 0 unspecified atom stereocenters. The molecule has 2 aliphatic heterocycles. The van der Waals surface area contributed by atoms with E-state index in [9.17, 15) is 4.79 Å². The molecule has 6 nitrogen and oxygen atoms in total. The van der Waals surface area contributed by atoms with E-state index < -0.39 is 5.97 Å². The van der Waals surface area contributed by atoms with Crippen LogP contribution < -0.4 is 14.2 Å². The van der Waals surface area contributed by atoms with Crippen LogP contribution in [0.1, 0.15) is 59.6 Å². The number of hydrogen-bond donors (Lipinski definition) is 1. The van der Waals surface area contributed by atoms with Gasteiger partial charge in [-0.25, -0.2) is 4.39 Å². The average molecular weight is 533 g/mol. The van der Waals surface area contributed by atoms with Gasteiger partial charge in [0.1, 0.15) is 29.2 Å². The second-order valence-corrected chi connectivity index (χ2v) is 11.5. The number of hydrogen-bond acceptors (Lipinski definition) is 5. The van der Waals surface area contributed by atoms with Gasteiger partial charge in [-0.2, -0.15) is 0 Å². The molecule has 3 aromatic carbocycles. The van der Waals surface area contributed by atoms with Gasteiger partial charge in [0.2, 0.25) is 0 Å². The molecule has 0 radical (unpaired) electrons. The Morgan fingerprint density at radius 3 is 2.54 bits per heavy atom. The van der Waals surface area contributed by atoms with Crippen LogP contribution in [0, 0.1) is 25.1 Å². The van der Waals surface area contributed by atoms with Gasteiger partial charge < -0.3 is 24.1 Å². The number of carboxylic acids is 1. The first kappa shape index (κ1) is 25.7. The minimum atomic E-state index is -0.845. The topological polar surface area (TPSA) is 74.2 Å². The zero-order chi connectivity index (χ0) is 27.3. The number of rotatable bonds is 8. The van der Waals surface area contributed by atoms with E-state index in [2.05, 4.69) is 6.92 Å². The first-order chi connectivity index (χ1) is 18.7. The van der Waals surface area contributed by atoms with Gasteiger partial charge in [-0.3, -0.25) is 4.79 Å². The molecule has 204 valence electrons. The van der Waals surface area contributed by atoms with E-state index in [0.717, 1.165) is 57.5 Å². The van der Waals surface area contributed by atoms with Crippen molar-refractivity contribution >= 4 is 5.97 Å². The number of ether oxygens (including phenoxy) is 4. The van der Waals surface area contributed by atoms with Gasteiger partial charge in [0.25, 0.3) is 0 Å². The standard InChI is InChI=1S/C32H33FO6/c1-18-8-23(38-17-32(3)15-36-16-32)9-19(2)31(18)27-12-21(33)11-26-25(27)6-7-28(26)39-22-4-5-24-20(10-30(34)35)14-37-29(24)13-22/h4-5,8-9,11-13,20,28H,6-7,10,14-17H2,1-3H3,(H,34,35)/t20-,28-/m1/s1. The van der Waals surface area contributed by atoms with E-state index in [1.807, 2.05) is 44.2 Å². The van der Waals surface area contributed by atoms with Gasteiger partial charge in [-0.05, 0) is 90.4 Å². The monoisotopic (exact) mass is 532 g/mol. The van der Waals surface area contributed by atoms with Crippen LogP contribution in [-0.2, 0) is 16.0 Å². The summed E-state index contributed by atoms with van der Waals surface area (Å²) >= 11 is 0. The first-order valence-electron chi connectivity index (χ1n) is 13.5. The number of halogens is 1. The van der Waals surface area contributed by atoms with Gasteiger partial charge >= 0.3 is 5.97 Å². The highest BCUT2D eigenvalue weighted by Crippen LogP contribution is 2.45. The molecule has 39 heavy (non-hydrogen) atoms. The van der Waals surface area contributed by atoms with Crippen molar-refractivity contribution < 1.29 is 33.2 Å². The van der Waals surface area contributed by atoms with E-state index in [-0.39, 0.29) is 29.7 Å². The van der Waals surface area contributed by atoms with Gasteiger partial charge in [-0.15, -0.1) is 0 Å². The zero-order valence-electron chi connectivity index (χ0n) is 22.5. The van der Waals surface area contributed by atoms with Crippen molar-refractivity contribution in [3.05, 3.63) is 76.1 Å². The lowest BCUT2D eigenvalue weighted by Gasteiger charge is -2.37. The van der Waals surface area contributed by atoms with Gasteiger partial charge in [-0.1, -0.05) is 13.0 Å². The number of aliphatic carboxylic acids is 1. The molecule has 2 atom stereocenters. The maximum absolute atomic E-state index is 15.0. The normalized spacial score (nSPS) is 20.5. The first-order valence-corrected chi connectivity index (χ1v) is 13.5. The van der Waals surface area contributed by atoms with Crippen molar-refractivity contribution in [2.24, 2.45) is 5.41 Å².